The fraction of sp³-hybridized carbons (Fsp3) is 0.526. The van der Waals surface area contributed by atoms with E-state index in [0.29, 0.717) is 32.3 Å². The van der Waals surface area contributed by atoms with Crippen LogP contribution in [0.4, 0.5) is 0 Å². The molecule has 1 aromatic heterocycles. The van der Waals surface area contributed by atoms with E-state index in [0.717, 1.165) is 29.8 Å². The third-order valence-electron chi connectivity index (χ3n) is 4.77. The van der Waals surface area contributed by atoms with Crippen LogP contribution in [-0.2, 0) is 19.1 Å². The van der Waals surface area contributed by atoms with Crippen LogP contribution in [0.5, 0.6) is 0 Å². The smallest absolute Gasteiger partial charge is 0.349 e. The lowest BCUT2D eigenvalue weighted by atomic mass is 10.1. The summed E-state index contributed by atoms with van der Waals surface area (Å²) in [6, 6.07) is 4.38. The molecule has 1 amide bonds. The van der Waals surface area contributed by atoms with E-state index in [1.54, 1.807) is 11.0 Å². The van der Waals surface area contributed by atoms with Gasteiger partial charge in [-0.05, 0) is 44.4 Å². The van der Waals surface area contributed by atoms with Gasteiger partial charge in [-0.2, -0.15) is 5.26 Å². The van der Waals surface area contributed by atoms with Crippen molar-refractivity contribution >= 4 is 18.0 Å². The third kappa shape index (κ3) is 3.97. The maximum Gasteiger partial charge on any atom is 0.349 e. The van der Waals surface area contributed by atoms with Gasteiger partial charge >= 0.3 is 5.97 Å². The second kappa shape index (κ2) is 7.75. The molecule has 1 aliphatic heterocycles. The second-order valence-corrected chi connectivity index (χ2v) is 6.67. The number of esters is 1. The van der Waals surface area contributed by atoms with Crippen LogP contribution < -0.4 is 0 Å². The van der Waals surface area contributed by atoms with E-state index in [2.05, 4.69) is 4.57 Å². The lowest BCUT2D eigenvalue weighted by Crippen LogP contribution is -2.42. The molecule has 0 aromatic carbocycles. The molecule has 2 heterocycles. The van der Waals surface area contributed by atoms with Crippen LogP contribution in [0, 0.1) is 25.2 Å². The van der Waals surface area contributed by atoms with Crippen molar-refractivity contribution in [1.29, 1.82) is 5.26 Å². The maximum atomic E-state index is 12.2. The van der Waals surface area contributed by atoms with Crippen LogP contribution in [0.1, 0.15) is 35.8 Å². The monoisotopic (exact) mass is 357 g/mol. The van der Waals surface area contributed by atoms with Crippen molar-refractivity contribution in [2.45, 2.75) is 32.7 Å². The number of rotatable bonds is 5. The zero-order valence-corrected chi connectivity index (χ0v) is 15.2. The van der Waals surface area contributed by atoms with Gasteiger partial charge in [0, 0.05) is 30.5 Å². The lowest BCUT2D eigenvalue weighted by Gasteiger charge is -2.26. The Hall–Kier alpha value is -2.59. The molecule has 138 valence electrons. The van der Waals surface area contributed by atoms with Crippen LogP contribution in [0.2, 0.25) is 0 Å². The van der Waals surface area contributed by atoms with Gasteiger partial charge in [-0.1, -0.05) is 0 Å². The number of hydrogen-bond acceptors (Lipinski definition) is 5. The Kier molecular flexibility index (Phi) is 5.43. The zero-order chi connectivity index (χ0) is 18.7. The van der Waals surface area contributed by atoms with Gasteiger partial charge in [-0.3, -0.25) is 4.79 Å². The number of ether oxygens (including phenoxy) is 2. The average Bonchev–Trinajstić information content (AvgIpc) is 3.44. The number of aryl methyl sites for hydroxylation is 1. The summed E-state index contributed by atoms with van der Waals surface area (Å²) < 4.78 is 12.5. The number of aromatic nitrogens is 1. The summed E-state index contributed by atoms with van der Waals surface area (Å²) >= 11 is 0. The number of morpholine rings is 1. The van der Waals surface area contributed by atoms with Gasteiger partial charge in [-0.15, -0.1) is 0 Å². The van der Waals surface area contributed by atoms with Crippen LogP contribution in [0.15, 0.2) is 11.6 Å². The van der Waals surface area contributed by atoms with Crippen LogP contribution in [0.25, 0.3) is 6.08 Å². The van der Waals surface area contributed by atoms with Gasteiger partial charge in [0.25, 0.3) is 5.91 Å². The predicted molar refractivity (Wildman–Crippen MR) is 94.1 cm³/mol. The highest BCUT2D eigenvalue weighted by Gasteiger charge is 2.27. The van der Waals surface area contributed by atoms with Gasteiger partial charge in [0.2, 0.25) is 0 Å². The topological polar surface area (TPSA) is 84.6 Å². The summed E-state index contributed by atoms with van der Waals surface area (Å²) in [7, 11) is 0. The number of amides is 1. The Morgan fingerprint density at radius 1 is 1.35 bits per heavy atom. The Bertz CT molecular complexity index is 777. The van der Waals surface area contributed by atoms with Crippen molar-refractivity contribution in [2.75, 3.05) is 32.9 Å². The van der Waals surface area contributed by atoms with Crippen molar-refractivity contribution in [3.8, 4) is 6.07 Å². The van der Waals surface area contributed by atoms with Crippen LogP contribution in [-0.4, -0.2) is 54.3 Å². The Labute approximate surface area is 152 Å². The van der Waals surface area contributed by atoms with E-state index >= 15 is 0 Å². The highest BCUT2D eigenvalue weighted by atomic mass is 16.5. The SMILES string of the molecule is Cc1cc(/C=C(\C#N)C(=O)OCC(=O)N2CCOCC2)c(C)n1C1CC1. The molecule has 3 rings (SSSR count). The first kappa shape index (κ1) is 18.2. The molecule has 0 unspecified atom stereocenters. The number of hydrogen-bond donors (Lipinski definition) is 0. The van der Waals surface area contributed by atoms with Crippen molar-refractivity contribution in [3.05, 3.63) is 28.6 Å². The molecule has 0 spiro atoms. The number of carbonyl (C=O) groups excluding carboxylic acids is 2. The molecule has 1 aliphatic carbocycles. The summed E-state index contributed by atoms with van der Waals surface area (Å²) in [4.78, 5) is 25.8. The standard InChI is InChI=1S/C19H23N3O4/c1-13-9-15(14(2)22(13)17-3-4-17)10-16(11-20)19(24)26-12-18(23)21-5-7-25-8-6-21/h9-10,17H,3-8,12H2,1-2H3/b16-10+. The van der Waals surface area contributed by atoms with Gasteiger partial charge in [0.05, 0.1) is 13.2 Å². The average molecular weight is 357 g/mol. The van der Waals surface area contributed by atoms with E-state index in [1.807, 2.05) is 26.0 Å². The van der Waals surface area contributed by atoms with E-state index in [9.17, 15) is 14.9 Å². The predicted octanol–water partition coefficient (Wildman–Crippen LogP) is 1.75. The van der Waals surface area contributed by atoms with Gasteiger partial charge in [0.1, 0.15) is 11.6 Å². The molecule has 7 heteroatoms. The molecule has 0 atom stereocenters. The Morgan fingerprint density at radius 3 is 2.65 bits per heavy atom. The van der Waals surface area contributed by atoms with Crippen molar-refractivity contribution in [2.24, 2.45) is 0 Å². The quantitative estimate of drug-likeness (QED) is 0.455. The van der Waals surface area contributed by atoms with Gasteiger partial charge in [-0.25, -0.2) is 4.79 Å². The van der Waals surface area contributed by atoms with Crippen LogP contribution in [0.3, 0.4) is 0 Å². The fourth-order valence-corrected chi connectivity index (χ4v) is 3.24. The highest BCUT2D eigenvalue weighted by Crippen LogP contribution is 2.38. The summed E-state index contributed by atoms with van der Waals surface area (Å²) in [5.41, 5.74) is 2.89. The molecule has 0 bridgehead atoms. The molecule has 2 aliphatic rings. The first-order valence-corrected chi connectivity index (χ1v) is 8.84. The summed E-state index contributed by atoms with van der Waals surface area (Å²) in [5.74, 6) is -1.05. The molecule has 7 nitrogen and oxygen atoms in total. The molecule has 0 radical (unpaired) electrons. The normalized spacial score (nSPS) is 17.7. The first-order chi connectivity index (χ1) is 12.5. The zero-order valence-electron chi connectivity index (χ0n) is 15.2. The number of carbonyl (C=O) groups is 2. The Morgan fingerprint density at radius 2 is 2.04 bits per heavy atom. The second-order valence-electron chi connectivity index (χ2n) is 6.67. The van der Waals surface area contributed by atoms with Crippen molar-refractivity contribution < 1.29 is 19.1 Å². The minimum atomic E-state index is -0.773. The highest BCUT2D eigenvalue weighted by molar-refractivity contribution is 5.99. The minimum absolute atomic E-state index is 0.101. The summed E-state index contributed by atoms with van der Waals surface area (Å²) in [6.07, 6.45) is 3.87. The molecule has 1 aromatic rings. The van der Waals surface area contributed by atoms with Gasteiger partial charge < -0.3 is 18.9 Å². The minimum Gasteiger partial charge on any atom is -0.451 e. The lowest BCUT2D eigenvalue weighted by molar-refractivity contribution is -0.150. The molecule has 2 fully saturated rings. The molecular weight excluding hydrogens is 334 g/mol. The van der Waals surface area contributed by atoms with E-state index in [-0.39, 0.29) is 18.1 Å². The largest absolute Gasteiger partial charge is 0.451 e. The summed E-state index contributed by atoms with van der Waals surface area (Å²) in [5, 5.41) is 9.32. The molecule has 0 N–H and O–H groups in total. The van der Waals surface area contributed by atoms with Crippen molar-refractivity contribution in [1.82, 2.24) is 9.47 Å². The van der Waals surface area contributed by atoms with E-state index in [1.165, 1.54) is 0 Å². The number of nitrogens with zero attached hydrogens (tertiary/aromatic N) is 3. The van der Waals surface area contributed by atoms with E-state index < -0.39 is 5.97 Å². The molecule has 1 saturated heterocycles. The molecule has 1 saturated carbocycles. The number of nitriles is 1. The third-order valence-corrected chi connectivity index (χ3v) is 4.77. The summed E-state index contributed by atoms with van der Waals surface area (Å²) in [6.45, 7) is 5.60. The first-order valence-electron chi connectivity index (χ1n) is 8.84. The maximum absolute atomic E-state index is 12.2. The molecular formula is C19H23N3O4. The molecule has 26 heavy (non-hydrogen) atoms. The van der Waals surface area contributed by atoms with Crippen LogP contribution >= 0.6 is 0 Å². The fourth-order valence-electron chi connectivity index (χ4n) is 3.24. The Balaban J connectivity index is 1.65. The van der Waals surface area contributed by atoms with Gasteiger partial charge in [0.15, 0.2) is 6.61 Å². The van der Waals surface area contributed by atoms with Crippen molar-refractivity contribution in [3.63, 3.8) is 0 Å². The van der Waals surface area contributed by atoms with E-state index in [4.69, 9.17) is 9.47 Å².